The molecule has 128 valence electrons. The molecule has 3 rings (SSSR count). The number of cyclic esters (lactones) is 1. The number of carbonyl (C=O) groups excluding carboxylic acids is 1. The number of rotatable bonds is 5. The summed E-state index contributed by atoms with van der Waals surface area (Å²) in [5.74, 6) is -1.28. The minimum Gasteiger partial charge on any atom is -0.477 e. The van der Waals surface area contributed by atoms with Crippen LogP contribution in [0.25, 0.3) is 11.1 Å². The van der Waals surface area contributed by atoms with Crippen molar-refractivity contribution in [2.45, 2.75) is 6.54 Å². The molecular weight excluding hydrogens is 320 g/mol. The molecule has 1 aliphatic heterocycles. The minimum atomic E-state index is -0.918. The van der Waals surface area contributed by atoms with E-state index in [1.54, 1.807) is 24.5 Å². The van der Waals surface area contributed by atoms with Crippen molar-refractivity contribution in [3.05, 3.63) is 59.9 Å². The van der Waals surface area contributed by atoms with E-state index in [2.05, 4.69) is 0 Å². The molecule has 0 saturated carbocycles. The fraction of sp³-hybridized carbons (Fsp3) is 0.211. The van der Waals surface area contributed by atoms with Gasteiger partial charge in [0.05, 0.1) is 5.57 Å². The Morgan fingerprint density at radius 3 is 2.32 bits per heavy atom. The Kier molecular flexibility index (Phi) is 4.52. The summed E-state index contributed by atoms with van der Waals surface area (Å²) in [6, 6.07) is 11.4. The van der Waals surface area contributed by atoms with Crippen molar-refractivity contribution in [1.29, 1.82) is 0 Å². The molecule has 0 unspecified atom stereocenters. The third kappa shape index (κ3) is 3.52. The molecule has 0 aliphatic carbocycles. The van der Waals surface area contributed by atoms with E-state index in [0.717, 1.165) is 22.4 Å². The summed E-state index contributed by atoms with van der Waals surface area (Å²) < 4.78 is 6.77. The SMILES string of the molecule is CN(C)c1ccc(C2=C(c3cc[n+](CC(=O)O)cc3)C(=O)OC2)cc1. The first-order valence-electron chi connectivity index (χ1n) is 7.85. The van der Waals surface area contributed by atoms with Crippen LogP contribution in [0.2, 0.25) is 0 Å². The highest BCUT2D eigenvalue weighted by molar-refractivity contribution is 6.27. The number of hydrogen-bond donors (Lipinski definition) is 1. The van der Waals surface area contributed by atoms with Crippen molar-refractivity contribution < 1.29 is 24.0 Å². The van der Waals surface area contributed by atoms with Crippen molar-refractivity contribution in [1.82, 2.24) is 0 Å². The molecule has 6 heteroatoms. The summed E-state index contributed by atoms with van der Waals surface area (Å²) in [5.41, 5.74) is 4.10. The Morgan fingerprint density at radius 2 is 1.76 bits per heavy atom. The third-order valence-corrected chi connectivity index (χ3v) is 4.08. The van der Waals surface area contributed by atoms with E-state index in [1.165, 1.54) is 4.57 Å². The predicted molar refractivity (Wildman–Crippen MR) is 92.8 cm³/mol. The average molecular weight is 339 g/mol. The highest BCUT2D eigenvalue weighted by Crippen LogP contribution is 2.33. The van der Waals surface area contributed by atoms with Crippen LogP contribution in [0.15, 0.2) is 48.8 Å². The van der Waals surface area contributed by atoms with Crippen LogP contribution in [0.5, 0.6) is 0 Å². The number of benzene rings is 1. The normalized spacial score (nSPS) is 13.8. The lowest BCUT2D eigenvalue weighted by Gasteiger charge is -2.13. The van der Waals surface area contributed by atoms with Crippen LogP contribution in [-0.4, -0.2) is 37.7 Å². The molecule has 2 heterocycles. The number of nitrogens with zero attached hydrogens (tertiary/aromatic N) is 2. The highest BCUT2D eigenvalue weighted by atomic mass is 16.5. The molecule has 2 aromatic rings. The zero-order valence-electron chi connectivity index (χ0n) is 14.1. The standard InChI is InChI=1S/C19H18N2O4/c1-20(2)15-5-3-13(4-6-15)16-12-25-19(24)18(16)14-7-9-21(10-8-14)11-17(22)23/h3-10H,11-12H2,1-2H3/p+1. The Labute approximate surface area is 145 Å². The summed E-state index contributed by atoms with van der Waals surface area (Å²) in [4.78, 5) is 25.0. The van der Waals surface area contributed by atoms with Crippen LogP contribution < -0.4 is 9.47 Å². The van der Waals surface area contributed by atoms with Crippen molar-refractivity contribution in [2.24, 2.45) is 0 Å². The van der Waals surface area contributed by atoms with Gasteiger partial charge in [-0.05, 0) is 17.7 Å². The zero-order valence-corrected chi connectivity index (χ0v) is 14.1. The van der Waals surface area contributed by atoms with Gasteiger partial charge in [-0.2, -0.15) is 4.57 Å². The second-order valence-electron chi connectivity index (χ2n) is 6.02. The number of carboxylic acid groups (broad SMARTS) is 1. The fourth-order valence-corrected chi connectivity index (χ4v) is 2.77. The van der Waals surface area contributed by atoms with Crippen molar-refractivity contribution >= 4 is 28.8 Å². The number of aliphatic carboxylic acids is 1. The second-order valence-corrected chi connectivity index (χ2v) is 6.02. The van der Waals surface area contributed by atoms with Gasteiger partial charge in [-0.3, -0.25) is 0 Å². The number of carboxylic acids is 1. The third-order valence-electron chi connectivity index (χ3n) is 4.08. The first-order chi connectivity index (χ1) is 12.0. The first-order valence-corrected chi connectivity index (χ1v) is 7.85. The monoisotopic (exact) mass is 339 g/mol. The summed E-state index contributed by atoms with van der Waals surface area (Å²) in [5, 5.41) is 8.83. The Hall–Kier alpha value is -3.15. The maximum Gasteiger partial charge on any atom is 0.370 e. The van der Waals surface area contributed by atoms with E-state index < -0.39 is 5.97 Å². The van der Waals surface area contributed by atoms with Gasteiger partial charge in [0, 0.05) is 43.1 Å². The molecule has 0 bridgehead atoms. The molecule has 6 nitrogen and oxygen atoms in total. The van der Waals surface area contributed by atoms with Gasteiger partial charge in [0.15, 0.2) is 12.4 Å². The number of hydrogen-bond acceptors (Lipinski definition) is 4. The van der Waals surface area contributed by atoms with Crippen LogP contribution in [-0.2, 0) is 20.9 Å². The van der Waals surface area contributed by atoms with Crippen molar-refractivity contribution in [3.63, 3.8) is 0 Å². The van der Waals surface area contributed by atoms with E-state index >= 15 is 0 Å². The molecule has 1 aromatic heterocycles. The predicted octanol–water partition coefficient (Wildman–Crippen LogP) is 1.59. The van der Waals surface area contributed by atoms with E-state index in [0.29, 0.717) is 5.57 Å². The Bertz CT molecular complexity index is 837. The average Bonchev–Trinajstić information content (AvgIpc) is 2.97. The molecular formula is C19H19N2O4+. The van der Waals surface area contributed by atoms with Crippen molar-refractivity contribution in [2.75, 3.05) is 25.6 Å². The van der Waals surface area contributed by atoms with Gasteiger partial charge >= 0.3 is 11.9 Å². The molecule has 1 aromatic carbocycles. The van der Waals surface area contributed by atoms with Crippen LogP contribution in [0.4, 0.5) is 5.69 Å². The molecule has 0 fully saturated rings. The summed E-state index contributed by atoms with van der Waals surface area (Å²) in [6.45, 7) is 0.113. The van der Waals surface area contributed by atoms with Gasteiger partial charge in [-0.15, -0.1) is 0 Å². The summed E-state index contributed by atoms with van der Waals surface area (Å²) in [6.07, 6.45) is 3.30. The van der Waals surface area contributed by atoms with Gasteiger partial charge in [0.25, 0.3) is 0 Å². The minimum absolute atomic E-state index is 0.122. The molecule has 0 spiro atoms. The van der Waals surface area contributed by atoms with E-state index in [1.807, 2.05) is 43.3 Å². The lowest BCUT2D eigenvalue weighted by molar-refractivity contribution is -0.685. The smallest absolute Gasteiger partial charge is 0.370 e. The van der Waals surface area contributed by atoms with Crippen LogP contribution in [0, 0.1) is 0 Å². The number of ether oxygens (including phenoxy) is 1. The lowest BCUT2D eigenvalue weighted by Crippen LogP contribution is -2.36. The molecule has 1 N–H and O–H groups in total. The molecule has 0 radical (unpaired) electrons. The molecule has 0 saturated heterocycles. The van der Waals surface area contributed by atoms with Gasteiger partial charge in [-0.25, -0.2) is 9.59 Å². The summed E-state index contributed by atoms with van der Waals surface area (Å²) in [7, 11) is 3.94. The molecule has 1 aliphatic rings. The second kappa shape index (κ2) is 6.76. The topological polar surface area (TPSA) is 70.7 Å². The number of esters is 1. The lowest BCUT2D eigenvalue weighted by atomic mass is 9.97. The fourth-order valence-electron chi connectivity index (χ4n) is 2.77. The molecule has 0 amide bonds. The maximum atomic E-state index is 12.2. The van der Waals surface area contributed by atoms with Crippen LogP contribution >= 0.6 is 0 Å². The highest BCUT2D eigenvalue weighted by Gasteiger charge is 2.27. The first kappa shape index (κ1) is 16.7. The number of pyridine rings is 1. The van der Waals surface area contributed by atoms with Gasteiger partial charge in [0.1, 0.15) is 6.61 Å². The number of anilines is 1. The van der Waals surface area contributed by atoms with E-state index in [4.69, 9.17) is 9.84 Å². The van der Waals surface area contributed by atoms with Crippen molar-refractivity contribution in [3.8, 4) is 0 Å². The molecule has 0 atom stereocenters. The quantitative estimate of drug-likeness (QED) is 0.662. The van der Waals surface area contributed by atoms with E-state index in [-0.39, 0.29) is 19.1 Å². The van der Waals surface area contributed by atoms with Gasteiger partial charge in [-0.1, -0.05) is 12.1 Å². The van der Waals surface area contributed by atoms with Gasteiger partial charge in [0.2, 0.25) is 6.54 Å². The van der Waals surface area contributed by atoms with Crippen LogP contribution in [0.1, 0.15) is 11.1 Å². The number of carbonyl (C=O) groups is 2. The molecule has 25 heavy (non-hydrogen) atoms. The maximum absolute atomic E-state index is 12.2. The van der Waals surface area contributed by atoms with E-state index in [9.17, 15) is 9.59 Å². The summed E-state index contributed by atoms with van der Waals surface area (Å²) >= 11 is 0. The van der Waals surface area contributed by atoms with Gasteiger partial charge < -0.3 is 14.7 Å². The Balaban J connectivity index is 1.97. The Morgan fingerprint density at radius 1 is 1.12 bits per heavy atom. The largest absolute Gasteiger partial charge is 0.477 e. The van der Waals surface area contributed by atoms with Crippen LogP contribution in [0.3, 0.4) is 0 Å². The zero-order chi connectivity index (χ0) is 18.0. The number of aromatic nitrogens is 1.